The van der Waals surface area contributed by atoms with E-state index in [2.05, 4.69) is 9.71 Å². The SMILES string of the molecule is O=C(CCCCCNS(=O)(=O)c1ccc2c(c1)OCCO2)OCc1cn2cc(Cl)ccc2n1. The number of carbonyl (C=O) groups excluding carboxylic acids is 1. The van der Waals surface area contributed by atoms with Gasteiger partial charge in [-0.15, -0.1) is 0 Å². The second kappa shape index (κ2) is 10.4. The van der Waals surface area contributed by atoms with Crippen LogP contribution in [0.25, 0.3) is 5.65 Å². The summed E-state index contributed by atoms with van der Waals surface area (Å²) in [6, 6.07) is 8.08. The molecule has 0 saturated heterocycles. The number of sulfonamides is 1. The molecule has 11 heteroatoms. The molecule has 33 heavy (non-hydrogen) atoms. The minimum absolute atomic E-state index is 0.0907. The highest BCUT2D eigenvalue weighted by Gasteiger charge is 2.19. The van der Waals surface area contributed by atoms with Gasteiger partial charge in [-0.25, -0.2) is 18.1 Å². The maximum atomic E-state index is 12.5. The lowest BCUT2D eigenvalue weighted by molar-refractivity contribution is -0.145. The van der Waals surface area contributed by atoms with Crippen molar-refractivity contribution < 1.29 is 27.4 Å². The molecule has 0 amide bonds. The topological polar surface area (TPSA) is 108 Å². The van der Waals surface area contributed by atoms with E-state index in [0.29, 0.717) is 54.7 Å². The van der Waals surface area contributed by atoms with Crippen molar-refractivity contribution >= 4 is 33.2 Å². The van der Waals surface area contributed by atoms with Crippen LogP contribution in [0.4, 0.5) is 0 Å². The third-order valence-corrected chi connectivity index (χ3v) is 6.70. The monoisotopic (exact) mass is 493 g/mol. The second-order valence-corrected chi connectivity index (χ2v) is 9.72. The van der Waals surface area contributed by atoms with Crippen LogP contribution < -0.4 is 14.2 Å². The van der Waals surface area contributed by atoms with Crippen LogP contribution in [0, 0.1) is 0 Å². The Morgan fingerprint density at radius 2 is 1.91 bits per heavy atom. The number of ether oxygens (including phenoxy) is 3. The number of fused-ring (bicyclic) bond motifs is 2. The van der Waals surface area contributed by atoms with E-state index in [9.17, 15) is 13.2 Å². The van der Waals surface area contributed by atoms with E-state index in [4.69, 9.17) is 25.8 Å². The molecule has 0 radical (unpaired) electrons. The predicted molar refractivity (Wildman–Crippen MR) is 121 cm³/mol. The Kier molecular flexibility index (Phi) is 7.36. The summed E-state index contributed by atoms with van der Waals surface area (Å²) in [7, 11) is -3.64. The Hall–Kier alpha value is -2.82. The Morgan fingerprint density at radius 1 is 1.09 bits per heavy atom. The number of nitrogens with one attached hydrogen (secondary N) is 1. The van der Waals surface area contributed by atoms with Gasteiger partial charge in [-0.2, -0.15) is 0 Å². The van der Waals surface area contributed by atoms with Gasteiger partial charge in [0.05, 0.1) is 15.6 Å². The van der Waals surface area contributed by atoms with Crippen molar-refractivity contribution in [2.75, 3.05) is 19.8 Å². The van der Waals surface area contributed by atoms with Gasteiger partial charge in [0.25, 0.3) is 0 Å². The predicted octanol–water partition coefficient (Wildman–Crippen LogP) is 3.34. The first-order valence-electron chi connectivity index (χ1n) is 10.6. The van der Waals surface area contributed by atoms with Crippen molar-refractivity contribution in [3.63, 3.8) is 0 Å². The Labute approximate surface area is 196 Å². The number of benzene rings is 1. The summed E-state index contributed by atoms with van der Waals surface area (Å²) in [6.07, 6.45) is 5.65. The third kappa shape index (κ3) is 6.16. The van der Waals surface area contributed by atoms with Gasteiger partial charge in [0.2, 0.25) is 10.0 Å². The molecule has 0 bridgehead atoms. The van der Waals surface area contributed by atoms with Crippen molar-refractivity contribution in [3.8, 4) is 11.5 Å². The van der Waals surface area contributed by atoms with Gasteiger partial charge in [-0.1, -0.05) is 18.0 Å². The number of nitrogens with zero attached hydrogens (tertiary/aromatic N) is 2. The van der Waals surface area contributed by atoms with Crippen LogP contribution in [0.3, 0.4) is 0 Å². The van der Waals surface area contributed by atoms with E-state index < -0.39 is 10.0 Å². The average Bonchev–Trinajstić information content (AvgIpc) is 3.21. The van der Waals surface area contributed by atoms with Crippen LogP contribution in [0.5, 0.6) is 11.5 Å². The lowest BCUT2D eigenvalue weighted by Crippen LogP contribution is -2.25. The molecule has 1 N–H and O–H groups in total. The summed E-state index contributed by atoms with van der Waals surface area (Å²) in [5.41, 5.74) is 1.36. The normalized spacial score (nSPS) is 13.2. The lowest BCUT2D eigenvalue weighted by Gasteiger charge is -2.18. The molecule has 4 rings (SSSR count). The van der Waals surface area contributed by atoms with E-state index >= 15 is 0 Å². The van der Waals surface area contributed by atoms with Gasteiger partial charge in [0.15, 0.2) is 11.5 Å². The molecule has 0 spiro atoms. The number of esters is 1. The highest BCUT2D eigenvalue weighted by Crippen LogP contribution is 2.32. The fourth-order valence-corrected chi connectivity index (χ4v) is 4.62. The van der Waals surface area contributed by atoms with E-state index in [1.54, 1.807) is 35.0 Å². The molecular formula is C22H24ClN3O6S. The maximum Gasteiger partial charge on any atom is 0.306 e. The maximum absolute atomic E-state index is 12.5. The van der Waals surface area contributed by atoms with Crippen LogP contribution in [-0.2, 0) is 26.2 Å². The van der Waals surface area contributed by atoms with Crippen LogP contribution >= 0.6 is 11.6 Å². The van der Waals surface area contributed by atoms with Crippen LogP contribution in [0.15, 0.2) is 47.6 Å². The number of carbonyl (C=O) groups is 1. The van der Waals surface area contributed by atoms with Crippen LogP contribution in [-0.4, -0.2) is 43.5 Å². The summed E-state index contributed by atoms with van der Waals surface area (Å²) in [5, 5.41) is 0.594. The molecule has 0 unspecified atom stereocenters. The first-order chi connectivity index (χ1) is 15.9. The van der Waals surface area contributed by atoms with Crippen molar-refractivity contribution in [1.29, 1.82) is 0 Å². The molecule has 1 aliphatic heterocycles. The molecule has 0 aliphatic carbocycles. The minimum atomic E-state index is -3.64. The number of hydrogen-bond donors (Lipinski definition) is 1. The number of pyridine rings is 1. The molecule has 1 aromatic carbocycles. The summed E-state index contributed by atoms with van der Waals surface area (Å²) in [4.78, 5) is 16.5. The number of hydrogen-bond acceptors (Lipinski definition) is 7. The van der Waals surface area contributed by atoms with Gasteiger partial charge >= 0.3 is 5.97 Å². The van der Waals surface area contributed by atoms with E-state index in [1.807, 2.05) is 0 Å². The molecule has 3 aromatic rings. The number of imidazole rings is 1. The van der Waals surface area contributed by atoms with Gasteiger partial charge in [0, 0.05) is 31.4 Å². The van der Waals surface area contributed by atoms with Gasteiger partial charge in [-0.05, 0) is 37.1 Å². The number of rotatable bonds is 10. The number of unbranched alkanes of at least 4 members (excludes halogenated alkanes) is 2. The van der Waals surface area contributed by atoms with Gasteiger partial charge in [0.1, 0.15) is 25.5 Å². The Balaban J connectivity index is 1.14. The lowest BCUT2D eigenvalue weighted by atomic mass is 10.2. The zero-order valence-electron chi connectivity index (χ0n) is 17.8. The zero-order chi connectivity index (χ0) is 23.3. The Bertz CT molecular complexity index is 1240. The molecular weight excluding hydrogens is 470 g/mol. The van der Waals surface area contributed by atoms with Crippen molar-refractivity contribution in [2.45, 2.75) is 37.2 Å². The first-order valence-corrected chi connectivity index (χ1v) is 12.4. The summed E-state index contributed by atoms with van der Waals surface area (Å²) in [6.45, 7) is 1.20. The molecule has 2 aromatic heterocycles. The largest absolute Gasteiger partial charge is 0.486 e. The summed E-state index contributed by atoms with van der Waals surface area (Å²) in [5.74, 6) is 0.648. The molecule has 0 atom stereocenters. The number of halogens is 1. The highest BCUT2D eigenvalue weighted by atomic mass is 35.5. The zero-order valence-corrected chi connectivity index (χ0v) is 19.4. The molecule has 0 saturated carbocycles. The average molecular weight is 494 g/mol. The smallest absolute Gasteiger partial charge is 0.306 e. The van der Waals surface area contributed by atoms with Crippen molar-refractivity contribution in [3.05, 3.63) is 53.4 Å². The van der Waals surface area contributed by atoms with Crippen LogP contribution in [0.2, 0.25) is 5.02 Å². The molecule has 176 valence electrons. The molecule has 9 nitrogen and oxygen atoms in total. The molecule has 3 heterocycles. The molecule has 0 fully saturated rings. The third-order valence-electron chi connectivity index (χ3n) is 5.02. The fraction of sp³-hybridized carbons (Fsp3) is 0.364. The van der Waals surface area contributed by atoms with Crippen molar-refractivity contribution in [1.82, 2.24) is 14.1 Å². The van der Waals surface area contributed by atoms with Crippen molar-refractivity contribution in [2.24, 2.45) is 0 Å². The minimum Gasteiger partial charge on any atom is -0.486 e. The number of aromatic nitrogens is 2. The van der Waals surface area contributed by atoms with Crippen LogP contribution in [0.1, 0.15) is 31.4 Å². The van der Waals surface area contributed by atoms with E-state index in [0.717, 1.165) is 5.65 Å². The summed E-state index contributed by atoms with van der Waals surface area (Å²) < 4.78 is 45.4. The molecule has 1 aliphatic rings. The van der Waals surface area contributed by atoms with E-state index in [-0.39, 0.29) is 30.4 Å². The Morgan fingerprint density at radius 3 is 2.76 bits per heavy atom. The fourth-order valence-electron chi connectivity index (χ4n) is 3.37. The summed E-state index contributed by atoms with van der Waals surface area (Å²) >= 11 is 5.95. The van der Waals surface area contributed by atoms with E-state index in [1.165, 1.54) is 12.1 Å². The second-order valence-electron chi connectivity index (χ2n) is 7.52. The quantitative estimate of drug-likeness (QED) is 0.341. The highest BCUT2D eigenvalue weighted by molar-refractivity contribution is 7.89. The van der Waals surface area contributed by atoms with Gasteiger partial charge < -0.3 is 18.6 Å². The first kappa shape index (κ1) is 23.3. The standard InChI is InChI=1S/C22H24ClN3O6S/c23-16-5-8-21-25-17(14-26(21)13-16)15-32-22(27)4-2-1-3-9-24-33(28,29)18-6-7-19-20(12-18)31-11-10-30-19/h5-8,12-14,24H,1-4,9-11,15H2. The van der Waals surface area contributed by atoms with Gasteiger partial charge in [-0.3, -0.25) is 4.79 Å².